The van der Waals surface area contributed by atoms with Gasteiger partial charge < -0.3 is 0 Å². The molecule has 0 N–H and O–H groups in total. The summed E-state index contributed by atoms with van der Waals surface area (Å²) in [4.78, 5) is 0. The van der Waals surface area contributed by atoms with Crippen LogP contribution in [0.4, 0.5) is 0 Å². The predicted octanol–water partition coefficient (Wildman–Crippen LogP) is 4.34. The van der Waals surface area contributed by atoms with Crippen LogP contribution in [-0.2, 0) is 0 Å². The van der Waals surface area contributed by atoms with Crippen LogP contribution in [0.5, 0.6) is 0 Å². The Hall–Kier alpha value is 1.74. The van der Waals surface area contributed by atoms with Gasteiger partial charge in [-0.1, -0.05) is 46.4 Å². The van der Waals surface area contributed by atoms with Gasteiger partial charge in [0.2, 0.25) is 0 Å². The maximum absolute atomic E-state index is 5.89. The average Bonchev–Trinajstić information content (AvgIpc) is 1.96. The Labute approximate surface area is 101 Å². The molecule has 0 aromatic carbocycles. The summed E-state index contributed by atoms with van der Waals surface area (Å²) in [6, 6.07) is 0. The molecule has 2 unspecified atom stereocenters. The van der Waals surface area contributed by atoms with E-state index in [0.717, 1.165) is 0 Å². The van der Waals surface area contributed by atoms with Gasteiger partial charge in [-0.25, -0.2) is 0 Å². The molecule has 0 amide bonds. The minimum absolute atomic E-state index is 0.285. The third-order valence-electron chi connectivity index (χ3n) is 1.89. The van der Waals surface area contributed by atoms with Gasteiger partial charge in [-0.2, -0.15) is 0 Å². The van der Waals surface area contributed by atoms with Gasteiger partial charge in [0, 0.05) is 0 Å². The minimum atomic E-state index is -1.39. The molecule has 0 heterocycles. The molecule has 0 nitrogen and oxygen atoms in total. The molecule has 0 saturated heterocycles. The molecule has 1 aliphatic carbocycles. The van der Waals surface area contributed by atoms with Gasteiger partial charge in [0.25, 0.3) is 0 Å². The summed E-state index contributed by atoms with van der Waals surface area (Å²) in [5.41, 5.74) is 0. The molecule has 0 bridgehead atoms. The van der Waals surface area contributed by atoms with Crippen LogP contribution in [0.3, 0.4) is 0 Å². The van der Waals surface area contributed by atoms with E-state index in [1.54, 1.807) is 0 Å². The van der Waals surface area contributed by atoms with E-state index in [2.05, 4.69) is 0 Å². The van der Waals surface area contributed by atoms with Crippen LogP contribution >= 0.6 is 69.6 Å². The topological polar surface area (TPSA) is 0 Å². The summed E-state index contributed by atoms with van der Waals surface area (Å²) in [6.07, 6.45) is 1.06. The predicted molar refractivity (Wildman–Crippen MR) is 57.4 cm³/mol. The third-order valence-corrected chi connectivity index (χ3v) is 5.82. The Bertz CT molecular complexity index is 177. The molecular formula is C6H6Cl6. The number of halogens is 6. The van der Waals surface area contributed by atoms with Crippen molar-refractivity contribution in [3.8, 4) is 0 Å². The van der Waals surface area contributed by atoms with Crippen molar-refractivity contribution in [2.24, 2.45) is 0 Å². The average molecular weight is 291 g/mol. The Balaban J connectivity index is 2.88. The molecule has 0 aromatic rings. The third kappa shape index (κ3) is 1.89. The standard InChI is InChI=1S/C6H6Cl6/c7-3-1-2-5(9,10)6(11,12)4(3)8/h3-4H,1-2H2. The molecular weight excluding hydrogens is 285 g/mol. The first kappa shape index (κ1) is 11.8. The summed E-state index contributed by atoms with van der Waals surface area (Å²) in [5, 5.41) is -0.918. The zero-order chi connectivity index (χ0) is 9.57. The molecule has 0 spiro atoms. The second kappa shape index (κ2) is 3.72. The van der Waals surface area contributed by atoms with E-state index in [1.807, 2.05) is 0 Å². The van der Waals surface area contributed by atoms with Gasteiger partial charge in [-0.3, -0.25) is 0 Å². The van der Waals surface area contributed by atoms with E-state index >= 15 is 0 Å². The zero-order valence-electron chi connectivity index (χ0n) is 5.84. The highest BCUT2D eigenvalue weighted by molar-refractivity contribution is 6.65. The smallest absolute Gasteiger partial charge is 0.121 e. The van der Waals surface area contributed by atoms with Crippen molar-refractivity contribution in [3.63, 3.8) is 0 Å². The van der Waals surface area contributed by atoms with Gasteiger partial charge in [-0.05, 0) is 12.8 Å². The molecule has 1 fully saturated rings. The second-order valence-electron chi connectivity index (χ2n) is 2.78. The summed E-state index contributed by atoms with van der Waals surface area (Å²) in [5.74, 6) is 0. The van der Waals surface area contributed by atoms with E-state index < -0.39 is 14.0 Å². The lowest BCUT2D eigenvalue weighted by Gasteiger charge is -2.42. The first-order valence-corrected chi connectivity index (χ1v) is 5.71. The molecule has 0 aromatic heterocycles. The maximum Gasteiger partial charge on any atom is 0.168 e. The molecule has 72 valence electrons. The summed E-state index contributed by atoms with van der Waals surface area (Å²) in [7, 11) is 0. The summed E-state index contributed by atoms with van der Waals surface area (Å²) >= 11 is 35.3. The SMILES string of the molecule is ClC1CCC(Cl)(Cl)C(Cl)(Cl)C1Cl. The van der Waals surface area contributed by atoms with E-state index in [4.69, 9.17) is 69.6 Å². The molecule has 1 saturated carbocycles. The fourth-order valence-electron chi connectivity index (χ4n) is 1.06. The Kier molecular flexibility index (Phi) is 3.66. The molecule has 0 aliphatic heterocycles. The molecule has 1 aliphatic rings. The first-order valence-electron chi connectivity index (χ1n) is 3.33. The Morgan fingerprint density at radius 2 is 1.50 bits per heavy atom. The maximum atomic E-state index is 5.89. The monoisotopic (exact) mass is 288 g/mol. The highest BCUT2D eigenvalue weighted by atomic mass is 35.5. The molecule has 12 heavy (non-hydrogen) atoms. The summed E-state index contributed by atoms with van der Waals surface area (Å²) < 4.78 is -2.60. The van der Waals surface area contributed by atoms with Crippen molar-refractivity contribution in [2.45, 2.75) is 32.3 Å². The van der Waals surface area contributed by atoms with Crippen LogP contribution in [0.15, 0.2) is 0 Å². The normalized spacial score (nSPS) is 39.5. The lowest BCUT2D eigenvalue weighted by Crippen LogP contribution is -2.51. The van der Waals surface area contributed by atoms with Gasteiger partial charge in [0.1, 0.15) is 0 Å². The molecule has 2 atom stereocenters. The van der Waals surface area contributed by atoms with Gasteiger partial charge in [-0.15, -0.1) is 23.2 Å². The zero-order valence-corrected chi connectivity index (χ0v) is 10.4. The van der Waals surface area contributed by atoms with E-state index in [1.165, 1.54) is 0 Å². The van der Waals surface area contributed by atoms with Crippen molar-refractivity contribution in [3.05, 3.63) is 0 Å². The van der Waals surface area contributed by atoms with Crippen molar-refractivity contribution >= 4 is 69.6 Å². The Morgan fingerprint density at radius 3 is 1.92 bits per heavy atom. The fourth-order valence-corrected chi connectivity index (χ4v) is 2.86. The Morgan fingerprint density at radius 1 is 1.00 bits per heavy atom. The van der Waals surface area contributed by atoms with Crippen molar-refractivity contribution in [2.75, 3.05) is 0 Å². The van der Waals surface area contributed by atoms with Crippen LogP contribution in [-0.4, -0.2) is 19.4 Å². The minimum Gasteiger partial charge on any atom is -0.121 e. The van der Waals surface area contributed by atoms with Crippen molar-refractivity contribution < 1.29 is 0 Å². The molecule has 6 heteroatoms. The summed E-state index contributed by atoms with van der Waals surface area (Å²) in [6.45, 7) is 0. The van der Waals surface area contributed by atoms with Crippen LogP contribution in [0.2, 0.25) is 0 Å². The number of rotatable bonds is 0. The molecule has 0 radical (unpaired) electrons. The van der Waals surface area contributed by atoms with Gasteiger partial charge in [0.15, 0.2) is 8.67 Å². The van der Waals surface area contributed by atoms with Gasteiger partial charge >= 0.3 is 0 Å². The van der Waals surface area contributed by atoms with Crippen LogP contribution in [0.25, 0.3) is 0 Å². The van der Waals surface area contributed by atoms with Crippen molar-refractivity contribution in [1.82, 2.24) is 0 Å². The lowest BCUT2D eigenvalue weighted by atomic mass is 9.97. The van der Waals surface area contributed by atoms with Crippen LogP contribution in [0.1, 0.15) is 12.8 Å². The van der Waals surface area contributed by atoms with Crippen LogP contribution in [0, 0.1) is 0 Å². The first-order chi connectivity index (χ1) is 5.29. The van der Waals surface area contributed by atoms with Gasteiger partial charge in [0.05, 0.1) is 10.8 Å². The van der Waals surface area contributed by atoms with Crippen molar-refractivity contribution in [1.29, 1.82) is 0 Å². The highest BCUT2D eigenvalue weighted by Gasteiger charge is 2.57. The quantitative estimate of drug-likeness (QED) is 0.582. The van der Waals surface area contributed by atoms with E-state index in [-0.39, 0.29) is 5.38 Å². The van der Waals surface area contributed by atoms with Crippen LogP contribution < -0.4 is 0 Å². The van der Waals surface area contributed by atoms with E-state index in [0.29, 0.717) is 12.8 Å². The lowest BCUT2D eigenvalue weighted by molar-refractivity contribution is 0.465. The largest absolute Gasteiger partial charge is 0.168 e. The van der Waals surface area contributed by atoms with E-state index in [9.17, 15) is 0 Å². The number of hydrogen-bond acceptors (Lipinski definition) is 0. The fraction of sp³-hybridized carbons (Fsp3) is 1.00. The highest BCUT2D eigenvalue weighted by Crippen LogP contribution is 2.54. The number of hydrogen-bond donors (Lipinski definition) is 0. The number of alkyl halides is 6. The second-order valence-corrected chi connectivity index (χ2v) is 6.68. The molecule has 1 rings (SSSR count).